The molecular formula is C15H24. The van der Waals surface area contributed by atoms with Crippen LogP contribution in [0.4, 0.5) is 0 Å². The van der Waals surface area contributed by atoms with E-state index in [1.807, 2.05) is 0 Å². The van der Waals surface area contributed by atoms with Gasteiger partial charge in [-0.2, -0.15) is 0 Å². The number of aryl methyl sites for hydroxylation is 1. The minimum Gasteiger partial charge on any atom is -0.0648 e. The monoisotopic (exact) mass is 204 g/mol. The molecule has 0 spiro atoms. The Morgan fingerprint density at radius 3 is 2.00 bits per heavy atom. The zero-order valence-electron chi connectivity index (χ0n) is 10.8. The molecule has 0 amide bonds. The zero-order chi connectivity index (χ0) is 11.4. The molecule has 15 heavy (non-hydrogen) atoms. The van der Waals surface area contributed by atoms with Crippen LogP contribution in [0.5, 0.6) is 0 Å². The largest absolute Gasteiger partial charge is 0.0648 e. The molecule has 0 saturated carbocycles. The van der Waals surface area contributed by atoms with Gasteiger partial charge in [0.05, 0.1) is 0 Å². The van der Waals surface area contributed by atoms with E-state index in [0.717, 1.165) is 0 Å². The maximum absolute atomic E-state index is 2.37. The molecule has 0 aliphatic rings. The van der Waals surface area contributed by atoms with Crippen LogP contribution in [0.3, 0.4) is 0 Å². The summed E-state index contributed by atoms with van der Waals surface area (Å²) in [5, 5.41) is 0. The summed E-state index contributed by atoms with van der Waals surface area (Å²) >= 11 is 0. The fourth-order valence-corrected chi connectivity index (χ4v) is 2.01. The van der Waals surface area contributed by atoms with Gasteiger partial charge in [0.1, 0.15) is 0 Å². The molecule has 0 saturated heterocycles. The molecule has 1 aromatic carbocycles. The predicted molar refractivity (Wildman–Crippen MR) is 68.6 cm³/mol. The topological polar surface area (TPSA) is 0 Å². The Kier molecular flexibility index (Phi) is 4.38. The van der Waals surface area contributed by atoms with E-state index in [9.17, 15) is 0 Å². The van der Waals surface area contributed by atoms with Gasteiger partial charge in [-0.25, -0.2) is 0 Å². The van der Waals surface area contributed by atoms with Gasteiger partial charge in [0.25, 0.3) is 0 Å². The third kappa shape index (κ3) is 2.84. The molecule has 0 aromatic heterocycles. The van der Waals surface area contributed by atoms with Gasteiger partial charge >= 0.3 is 0 Å². The lowest BCUT2D eigenvalue weighted by atomic mass is 9.86. The molecule has 0 N–H and O–H groups in total. The summed E-state index contributed by atoms with van der Waals surface area (Å²) < 4.78 is 0. The number of hydrogen-bond acceptors (Lipinski definition) is 0. The van der Waals surface area contributed by atoms with Gasteiger partial charge in [-0.3, -0.25) is 0 Å². The Morgan fingerprint density at radius 2 is 1.47 bits per heavy atom. The van der Waals surface area contributed by atoms with Gasteiger partial charge in [-0.15, -0.1) is 0 Å². The first-order valence-corrected chi connectivity index (χ1v) is 6.20. The molecule has 2 atom stereocenters. The van der Waals surface area contributed by atoms with Crippen molar-refractivity contribution in [2.24, 2.45) is 0 Å². The molecule has 0 nitrogen and oxygen atoms in total. The van der Waals surface area contributed by atoms with Gasteiger partial charge in [0, 0.05) is 0 Å². The van der Waals surface area contributed by atoms with E-state index >= 15 is 0 Å². The quantitative estimate of drug-likeness (QED) is 0.646. The molecule has 0 fully saturated rings. The van der Waals surface area contributed by atoms with E-state index in [4.69, 9.17) is 0 Å². The van der Waals surface area contributed by atoms with Crippen LogP contribution in [0.25, 0.3) is 0 Å². The minimum atomic E-state index is 0.689. The van der Waals surface area contributed by atoms with E-state index in [1.165, 1.54) is 18.4 Å². The highest BCUT2D eigenvalue weighted by molar-refractivity contribution is 5.36. The van der Waals surface area contributed by atoms with Crippen LogP contribution in [0, 0.1) is 6.92 Å². The Labute approximate surface area is 94.7 Å². The average molecular weight is 204 g/mol. The van der Waals surface area contributed by atoms with Crippen molar-refractivity contribution in [3.63, 3.8) is 0 Å². The van der Waals surface area contributed by atoms with Crippen molar-refractivity contribution in [1.29, 1.82) is 0 Å². The van der Waals surface area contributed by atoms with Crippen molar-refractivity contribution in [2.45, 2.75) is 59.3 Å². The summed E-state index contributed by atoms with van der Waals surface area (Å²) in [6, 6.07) is 6.94. The second kappa shape index (κ2) is 5.34. The van der Waals surface area contributed by atoms with Crippen LogP contribution >= 0.6 is 0 Å². The van der Waals surface area contributed by atoms with E-state index in [2.05, 4.69) is 52.8 Å². The summed E-state index contributed by atoms with van der Waals surface area (Å²) in [7, 11) is 0. The third-order valence-electron chi connectivity index (χ3n) is 3.53. The highest BCUT2D eigenvalue weighted by Crippen LogP contribution is 2.30. The van der Waals surface area contributed by atoms with Crippen LogP contribution in [-0.2, 0) is 0 Å². The average Bonchev–Trinajstić information content (AvgIpc) is 2.26. The second-order valence-electron chi connectivity index (χ2n) is 4.75. The Hall–Kier alpha value is -0.780. The summed E-state index contributed by atoms with van der Waals surface area (Å²) in [6.07, 6.45) is 2.46. The molecule has 1 rings (SSSR count). The Morgan fingerprint density at radius 1 is 0.933 bits per heavy atom. The highest BCUT2D eigenvalue weighted by Gasteiger charge is 2.13. The van der Waals surface area contributed by atoms with Crippen LogP contribution in [0.1, 0.15) is 69.1 Å². The molecule has 0 aliphatic heterocycles. The molecule has 0 heteroatoms. The first-order valence-electron chi connectivity index (χ1n) is 6.20. The third-order valence-corrected chi connectivity index (χ3v) is 3.53. The zero-order valence-corrected chi connectivity index (χ0v) is 10.8. The van der Waals surface area contributed by atoms with Gasteiger partial charge in [0.15, 0.2) is 0 Å². The standard InChI is InChI=1S/C15H24/c1-6-12(4)14-9-8-11(3)10-15(14)13(5)7-2/h8-10,12-13H,6-7H2,1-5H3. The van der Waals surface area contributed by atoms with Crippen molar-refractivity contribution < 1.29 is 0 Å². The lowest BCUT2D eigenvalue weighted by Gasteiger charge is -2.19. The van der Waals surface area contributed by atoms with E-state index < -0.39 is 0 Å². The summed E-state index contributed by atoms with van der Waals surface area (Å²) in [6.45, 7) is 11.4. The van der Waals surface area contributed by atoms with E-state index in [-0.39, 0.29) is 0 Å². The molecular weight excluding hydrogens is 180 g/mol. The first kappa shape index (κ1) is 12.3. The van der Waals surface area contributed by atoms with Gasteiger partial charge in [-0.1, -0.05) is 51.5 Å². The van der Waals surface area contributed by atoms with Gasteiger partial charge in [0.2, 0.25) is 0 Å². The van der Waals surface area contributed by atoms with Gasteiger partial charge in [-0.05, 0) is 42.7 Å². The molecule has 2 unspecified atom stereocenters. The molecule has 0 bridgehead atoms. The fraction of sp³-hybridized carbons (Fsp3) is 0.600. The van der Waals surface area contributed by atoms with E-state index in [1.54, 1.807) is 11.1 Å². The van der Waals surface area contributed by atoms with Crippen LogP contribution in [0.2, 0.25) is 0 Å². The fourth-order valence-electron chi connectivity index (χ4n) is 2.01. The van der Waals surface area contributed by atoms with Crippen molar-refractivity contribution in [1.82, 2.24) is 0 Å². The van der Waals surface area contributed by atoms with E-state index in [0.29, 0.717) is 11.8 Å². The molecule has 1 aromatic rings. The maximum atomic E-state index is 2.37. The lowest BCUT2D eigenvalue weighted by Crippen LogP contribution is -2.02. The molecule has 84 valence electrons. The maximum Gasteiger partial charge on any atom is -0.0190 e. The van der Waals surface area contributed by atoms with Crippen molar-refractivity contribution in [2.75, 3.05) is 0 Å². The molecule has 0 aliphatic carbocycles. The Bertz CT molecular complexity index is 312. The van der Waals surface area contributed by atoms with Crippen LogP contribution < -0.4 is 0 Å². The number of benzene rings is 1. The van der Waals surface area contributed by atoms with Gasteiger partial charge < -0.3 is 0 Å². The van der Waals surface area contributed by atoms with Crippen molar-refractivity contribution in [3.8, 4) is 0 Å². The predicted octanol–water partition coefficient (Wildman–Crippen LogP) is 5.02. The highest BCUT2D eigenvalue weighted by atomic mass is 14.2. The van der Waals surface area contributed by atoms with Crippen LogP contribution in [0.15, 0.2) is 18.2 Å². The number of rotatable bonds is 4. The number of hydrogen-bond donors (Lipinski definition) is 0. The minimum absolute atomic E-state index is 0.689. The van der Waals surface area contributed by atoms with Crippen molar-refractivity contribution >= 4 is 0 Å². The van der Waals surface area contributed by atoms with Crippen LogP contribution in [-0.4, -0.2) is 0 Å². The smallest absolute Gasteiger partial charge is 0.0190 e. The first-order chi connectivity index (χ1) is 7.10. The summed E-state index contributed by atoms with van der Waals surface area (Å²) in [5.41, 5.74) is 4.50. The summed E-state index contributed by atoms with van der Waals surface area (Å²) in [4.78, 5) is 0. The van der Waals surface area contributed by atoms with Crippen molar-refractivity contribution in [3.05, 3.63) is 34.9 Å². The lowest BCUT2D eigenvalue weighted by molar-refractivity contribution is 0.676. The summed E-state index contributed by atoms with van der Waals surface area (Å²) in [5.74, 6) is 1.38. The normalized spacial score (nSPS) is 15.0. The Balaban J connectivity index is 3.14. The molecule has 0 radical (unpaired) electrons. The molecule has 0 heterocycles. The second-order valence-corrected chi connectivity index (χ2v) is 4.75. The SMILES string of the molecule is CCC(C)c1ccc(C)cc1C(C)CC.